The number of nitrogens with one attached hydrogen (secondary N) is 2. The minimum Gasteiger partial charge on any atom is -0.495 e. The third-order valence-corrected chi connectivity index (χ3v) is 2.35. The highest BCUT2D eigenvalue weighted by Gasteiger charge is 2.05. The van der Waals surface area contributed by atoms with Gasteiger partial charge in [0.15, 0.2) is 0 Å². The summed E-state index contributed by atoms with van der Waals surface area (Å²) in [4.78, 5) is 7.23. The summed E-state index contributed by atoms with van der Waals surface area (Å²) in [6, 6.07) is 5.37. The molecule has 2 aromatic rings. The number of halogens is 1. The van der Waals surface area contributed by atoms with Crippen molar-refractivity contribution in [1.82, 2.24) is 9.97 Å². The van der Waals surface area contributed by atoms with E-state index in [-0.39, 0.29) is 0 Å². The molecule has 0 aliphatic rings. The fourth-order valence-electron chi connectivity index (χ4n) is 1.38. The van der Waals surface area contributed by atoms with Crippen molar-refractivity contribution in [1.29, 1.82) is 0 Å². The van der Waals surface area contributed by atoms with Crippen LogP contribution < -0.4 is 10.1 Å². The lowest BCUT2D eigenvalue weighted by atomic mass is 10.3. The van der Waals surface area contributed by atoms with Crippen LogP contribution in [0.15, 0.2) is 24.4 Å². The van der Waals surface area contributed by atoms with Crippen molar-refractivity contribution >= 4 is 23.2 Å². The Labute approximate surface area is 98.6 Å². The number of ether oxygens (including phenoxy) is 1. The number of nitrogens with zero attached hydrogens (tertiary/aromatic N) is 1. The lowest BCUT2D eigenvalue weighted by Gasteiger charge is -2.09. The molecule has 0 atom stereocenters. The quantitative estimate of drug-likeness (QED) is 0.862. The molecule has 5 heteroatoms. The molecule has 0 unspecified atom stereocenters. The Morgan fingerprint density at radius 1 is 1.44 bits per heavy atom. The van der Waals surface area contributed by atoms with Gasteiger partial charge < -0.3 is 15.0 Å². The molecule has 0 fully saturated rings. The number of aromatic amines is 1. The van der Waals surface area contributed by atoms with Gasteiger partial charge in [-0.25, -0.2) is 4.98 Å². The first-order chi connectivity index (χ1) is 7.69. The largest absolute Gasteiger partial charge is 0.495 e. The zero-order chi connectivity index (χ0) is 11.5. The predicted octanol–water partition coefficient (Wildman–Crippen LogP) is 3.12. The maximum absolute atomic E-state index is 5.92. The molecule has 0 saturated heterocycles. The average molecular weight is 238 g/mol. The van der Waals surface area contributed by atoms with Gasteiger partial charge in [-0.1, -0.05) is 11.6 Å². The second kappa shape index (κ2) is 4.45. The second-order valence-corrected chi connectivity index (χ2v) is 3.82. The third kappa shape index (κ3) is 2.28. The number of methoxy groups -OCH3 is 1. The molecule has 1 aromatic carbocycles. The topological polar surface area (TPSA) is 49.9 Å². The summed E-state index contributed by atoms with van der Waals surface area (Å²) in [5.41, 5.74) is 1.77. The molecule has 84 valence electrons. The van der Waals surface area contributed by atoms with E-state index in [1.54, 1.807) is 31.5 Å². The van der Waals surface area contributed by atoms with Crippen LogP contribution in [0.5, 0.6) is 5.75 Å². The van der Waals surface area contributed by atoms with Crippen molar-refractivity contribution in [2.45, 2.75) is 6.92 Å². The molecule has 1 aromatic heterocycles. The van der Waals surface area contributed by atoms with Crippen LogP contribution in [0.25, 0.3) is 0 Å². The highest BCUT2D eigenvalue weighted by molar-refractivity contribution is 6.30. The molecule has 0 bridgehead atoms. The van der Waals surface area contributed by atoms with Crippen LogP contribution in [0.2, 0.25) is 5.02 Å². The first kappa shape index (κ1) is 10.8. The highest BCUT2D eigenvalue weighted by atomic mass is 35.5. The van der Waals surface area contributed by atoms with Crippen LogP contribution >= 0.6 is 11.6 Å². The molecule has 1 heterocycles. The van der Waals surface area contributed by atoms with Gasteiger partial charge in [0.05, 0.1) is 12.8 Å². The number of H-pyrrole nitrogens is 1. The van der Waals surface area contributed by atoms with Gasteiger partial charge >= 0.3 is 0 Å². The number of aryl methyl sites for hydroxylation is 1. The monoisotopic (exact) mass is 237 g/mol. The van der Waals surface area contributed by atoms with Crippen LogP contribution in [0.3, 0.4) is 0 Å². The molecule has 2 rings (SSSR count). The van der Waals surface area contributed by atoms with Gasteiger partial charge in [-0.05, 0) is 25.1 Å². The van der Waals surface area contributed by atoms with Crippen LogP contribution in [0.4, 0.5) is 11.6 Å². The zero-order valence-electron chi connectivity index (χ0n) is 9.04. The predicted molar refractivity (Wildman–Crippen MR) is 64.6 cm³/mol. The molecular weight excluding hydrogens is 226 g/mol. The Kier molecular flexibility index (Phi) is 3.01. The van der Waals surface area contributed by atoms with Gasteiger partial charge in [0.1, 0.15) is 5.75 Å². The standard InChI is InChI=1S/C11H12ClN3O/c1-7-6-13-11(14-7)15-9-5-8(12)3-4-10(9)16-2/h3-6H,1-2H3,(H2,13,14,15). The normalized spacial score (nSPS) is 10.2. The molecule has 0 saturated carbocycles. The van der Waals surface area contributed by atoms with E-state index >= 15 is 0 Å². The molecule has 0 amide bonds. The number of anilines is 2. The lowest BCUT2D eigenvalue weighted by molar-refractivity contribution is 0.417. The van der Waals surface area contributed by atoms with E-state index in [0.29, 0.717) is 11.0 Å². The molecule has 0 radical (unpaired) electrons. The Hall–Kier alpha value is -1.68. The summed E-state index contributed by atoms with van der Waals surface area (Å²) in [6.07, 6.45) is 1.75. The first-order valence-electron chi connectivity index (χ1n) is 4.81. The van der Waals surface area contributed by atoms with E-state index in [1.807, 2.05) is 6.92 Å². The van der Waals surface area contributed by atoms with E-state index in [4.69, 9.17) is 16.3 Å². The minimum absolute atomic E-state index is 0.645. The molecule has 0 aliphatic heterocycles. The molecular formula is C11H12ClN3O. The van der Waals surface area contributed by atoms with Crippen molar-refractivity contribution in [3.05, 3.63) is 35.1 Å². The molecule has 2 N–H and O–H groups in total. The summed E-state index contributed by atoms with van der Waals surface area (Å²) in [6.45, 7) is 1.94. The summed E-state index contributed by atoms with van der Waals surface area (Å²) in [5, 5.41) is 3.75. The SMILES string of the molecule is COc1ccc(Cl)cc1Nc1ncc(C)[nH]1. The van der Waals surface area contributed by atoms with E-state index in [9.17, 15) is 0 Å². The second-order valence-electron chi connectivity index (χ2n) is 3.38. The van der Waals surface area contributed by atoms with Gasteiger partial charge in [-0.3, -0.25) is 0 Å². The zero-order valence-corrected chi connectivity index (χ0v) is 9.80. The van der Waals surface area contributed by atoms with Crippen molar-refractivity contribution in [3.63, 3.8) is 0 Å². The fourth-order valence-corrected chi connectivity index (χ4v) is 1.55. The number of aromatic nitrogens is 2. The number of benzene rings is 1. The van der Waals surface area contributed by atoms with Gasteiger partial charge in [0.2, 0.25) is 5.95 Å². The van der Waals surface area contributed by atoms with Crippen molar-refractivity contribution in [3.8, 4) is 5.75 Å². The van der Waals surface area contributed by atoms with Crippen molar-refractivity contribution < 1.29 is 4.74 Å². The number of hydrogen-bond acceptors (Lipinski definition) is 3. The fraction of sp³-hybridized carbons (Fsp3) is 0.182. The van der Waals surface area contributed by atoms with Crippen LogP contribution in [-0.2, 0) is 0 Å². The number of rotatable bonds is 3. The molecule has 0 spiro atoms. The van der Waals surface area contributed by atoms with E-state index in [2.05, 4.69) is 15.3 Å². The smallest absolute Gasteiger partial charge is 0.204 e. The Bertz CT molecular complexity index is 496. The number of imidazole rings is 1. The maximum Gasteiger partial charge on any atom is 0.204 e. The molecule has 0 aliphatic carbocycles. The summed E-state index contributed by atoms with van der Waals surface area (Å²) < 4.78 is 5.22. The Morgan fingerprint density at radius 3 is 2.88 bits per heavy atom. The third-order valence-electron chi connectivity index (χ3n) is 2.12. The van der Waals surface area contributed by atoms with Gasteiger partial charge in [0, 0.05) is 16.9 Å². The van der Waals surface area contributed by atoms with E-state index in [1.165, 1.54) is 0 Å². The van der Waals surface area contributed by atoms with Gasteiger partial charge in [-0.2, -0.15) is 0 Å². The Morgan fingerprint density at radius 2 is 2.25 bits per heavy atom. The van der Waals surface area contributed by atoms with Crippen molar-refractivity contribution in [2.24, 2.45) is 0 Å². The number of hydrogen-bond donors (Lipinski definition) is 2. The van der Waals surface area contributed by atoms with E-state index < -0.39 is 0 Å². The van der Waals surface area contributed by atoms with Crippen LogP contribution in [0.1, 0.15) is 5.69 Å². The van der Waals surface area contributed by atoms with Gasteiger partial charge in [0.25, 0.3) is 0 Å². The molecule has 16 heavy (non-hydrogen) atoms. The first-order valence-corrected chi connectivity index (χ1v) is 5.19. The van der Waals surface area contributed by atoms with Crippen molar-refractivity contribution in [2.75, 3.05) is 12.4 Å². The summed E-state index contributed by atoms with van der Waals surface area (Å²) in [5.74, 6) is 1.39. The van der Waals surface area contributed by atoms with Crippen LogP contribution in [-0.4, -0.2) is 17.1 Å². The lowest BCUT2D eigenvalue weighted by Crippen LogP contribution is -1.96. The minimum atomic E-state index is 0.645. The summed E-state index contributed by atoms with van der Waals surface area (Å²) >= 11 is 5.92. The summed E-state index contributed by atoms with van der Waals surface area (Å²) in [7, 11) is 1.61. The molecule has 4 nitrogen and oxygen atoms in total. The highest BCUT2D eigenvalue weighted by Crippen LogP contribution is 2.29. The average Bonchev–Trinajstić information content (AvgIpc) is 2.64. The maximum atomic E-state index is 5.92. The van der Waals surface area contributed by atoms with Gasteiger partial charge in [-0.15, -0.1) is 0 Å². The Balaban J connectivity index is 2.29. The van der Waals surface area contributed by atoms with E-state index in [0.717, 1.165) is 17.1 Å². The van der Waals surface area contributed by atoms with Crippen LogP contribution in [0, 0.1) is 6.92 Å².